The SMILES string of the molecule is CCc1cc(S(=O)(=O)c2ccccc2)on1. The van der Waals surface area contributed by atoms with Crippen LogP contribution in [-0.4, -0.2) is 13.6 Å². The lowest BCUT2D eigenvalue weighted by molar-refractivity contribution is 0.335. The van der Waals surface area contributed by atoms with Gasteiger partial charge in [-0.25, -0.2) is 8.42 Å². The van der Waals surface area contributed by atoms with Crippen molar-refractivity contribution in [1.29, 1.82) is 0 Å². The summed E-state index contributed by atoms with van der Waals surface area (Å²) in [6, 6.07) is 9.63. The minimum Gasteiger partial charge on any atom is -0.344 e. The highest BCUT2D eigenvalue weighted by Crippen LogP contribution is 2.21. The zero-order valence-corrected chi connectivity index (χ0v) is 9.57. The zero-order chi connectivity index (χ0) is 11.6. The number of hydrogen-bond acceptors (Lipinski definition) is 4. The molecule has 0 aliphatic rings. The smallest absolute Gasteiger partial charge is 0.255 e. The van der Waals surface area contributed by atoms with E-state index in [2.05, 4.69) is 5.16 Å². The van der Waals surface area contributed by atoms with Gasteiger partial charge in [-0.1, -0.05) is 30.3 Å². The molecule has 2 aromatic rings. The van der Waals surface area contributed by atoms with Crippen LogP contribution in [0.3, 0.4) is 0 Å². The molecule has 4 nitrogen and oxygen atoms in total. The van der Waals surface area contributed by atoms with E-state index >= 15 is 0 Å². The Hall–Kier alpha value is -1.62. The predicted octanol–water partition coefficient (Wildman–Crippen LogP) is 2.07. The van der Waals surface area contributed by atoms with Crippen molar-refractivity contribution in [2.45, 2.75) is 23.3 Å². The van der Waals surface area contributed by atoms with Crippen LogP contribution in [0.4, 0.5) is 0 Å². The molecule has 5 heteroatoms. The van der Waals surface area contributed by atoms with Gasteiger partial charge in [0.05, 0.1) is 10.6 Å². The first kappa shape index (κ1) is 10.9. The lowest BCUT2D eigenvalue weighted by atomic mass is 10.3. The number of benzene rings is 1. The maximum absolute atomic E-state index is 12.0. The van der Waals surface area contributed by atoms with Crippen LogP contribution in [0, 0.1) is 0 Å². The third kappa shape index (κ3) is 1.86. The molecule has 84 valence electrons. The van der Waals surface area contributed by atoms with Crippen molar-refractivity contribution < 1.29 is 12.9 Å². The molecular weight excluding hydrogens is 226 g/mol. The van der Waals surface area contributed by atoms with E-state index in [1.807, 2.05) is 6.92 Å². The molecule has 0 saturated heterocycles. The van der Waals surface area contributed by atoms with Gasteiger partial charge >= 0.3 is 0 Å². The number of nitrogens with zero attached hydrogens (tertiary/aromatic N) is 1. The second-order valence-corrected chi connectivity index (χ2v) is 5.19. The summed E-state index contributed by atoms with van der Waals surface area (Å²) in [6.45, 7) is 1.89. The summed E-state index contributed by atoms with van der Waals surface area (Å²) in [5, 5.41) is 3.57. The van der Waals surface area contributed by atoms with Crippen LogP contribution < -0.4 is 0 Å². The Bertz CT molecular complexity index is 572. The Morgan fingerprint density at radius 1 is 1.25 bits per heavy atom. The van der Waals surface area contributed by atoms with Crippen LogP contribution in [0.5, 0.6) is 0 Å². The fourth-order valence-corrected chi connectivity index (χ4v) is 2.48. The highest BCUT2D eigenvalue weighted by Gasteiger charge is 2.22. The quantitative estimate of drug-likeness (QED) is 0.819. The van der Waals surface area contributed by atoms with Crippen LogP contribution >= 0.6 is 0 Å². The average Bonchev–Trinajstić information content (AvgIpc) is 2.79. The van der Waals surface area contributed by atoms with E-state index in [1.54, 1.807) is 18.2 Å². The first-order chi connectivity index (χ1) is 7.64. The number of rotatable bonds is 3. The minimum atomic E-state index is -3.56. The Balaban J connectivity index is 2.47. The molecule has 0 amide bonds. The number of hydrogen-bond donors (Lipinski definition) is 0. The van der Waals surface area contributed by atoms with Crippen molar-refractivity contribution in [2.75, 3.05) is 0 Å². The van der Waals surface area contributed by atoms with Gasteiger partial charge in [0, 0.05) is 6.07 Å². The molecule has 0 aliphatic carbocycles. The monoisotopic (exact) mass is 237 g/mol. The number of aromatic nitrogens is 1. The molecular formula is C11H11NO3S. The van der Waals surface area contributed by atoms with Crippen LogP contribution in [0.15, 0.2) is 50.9 Å². The molecule has 16 heavy (non-hydrogen) atoms. The van der Waals surface area contributed by atoms with E-state index in [9.17, 15) is 8.42 Å². The maximum Gasteiger partial charge on any atom is 0.255 e. The molecule has 0 unspecified atom stereocenters. The van der Waals surface area contributed by atoms with Crippen LogP contribution in [0.2, 0.25) is 0 Å². The van der Waals surface area contributed by atoms with Crippen molar-refractivity contribution in [2.24, 2.45) is 0 Å². The Labute approximate surface area is 93.8 Å². The molecule has 1 aromatic heterocycles. The van der Waals surface area contributed by atoms with Crippen molar-refractivity contribution in [3.63, 3.8) is 0 Å². The summed E-state index contributed by atoms with van der Waals surface area (Å²) in [4.78, 5) is 0.216. The van der Waals surface area contributed by atoms with Gasteiger partial charge < -0.3 is 4.52 Å². The number of sulfone groups is 1. The van der Waals surface area contributed by atoms with E-state index in [1.165, 1.54) is 18.2 Å². The third-order valence-corrected chi connectivity index (χ3v) is 3.83. The van der Waals surface area contributed by atoms with E-state index in [4.69, 9.17) is 4.52 Å². The van der Waals surface area contributed by atoms with Crippen LogP contribution in [-0.2, 0) is 16.3 Å². The van der Waals surface area contributed by atoms with E-state index < -0.39 is 9.84 Å². The second kappa shape index (κ2) is 4.09. The molecule has 2 rings (SSSR count). The Morgan fingerprint density at radius 3 is 2.50 bits per heavy atom. The zero-order valence-electron chi connectivity index (χ0n) is 8.75. The molecule has 0 N–H and O–H groups in total. The van der Waals surface area contributed by atoms with Gasteiger partial charge in [-0.15, -0.1) is 0 Å². The van der Waals surface area contributed by atoms with Crippen molar-refractivity contribution in [1.82, 2.24) is 5.16 Å². The van der Waals surface area contributed by atoms with Crippen LogP contribution in [0.1, 0.15) is 12.6 Å². The van der Waals surface area contributed by atoms with Crippen molar-refractivity contribution >= 4 is 9.84 Å². The lowest BCUT2D eigenvalue weighted by Gasteiger charge is -1.98. The second-order valence-electron chi connectivity index (χ2n) is 3.31. The van der Waals surface area contributed by atoms with Gasteiger partial charge in [-0.05, 0) is 18.6 Å². The summed E-state index contributed by atoms with van der Waals surface area (Å²) in [6.07, 6.45) is 0.647. The minimum absolute atomic E-state index is 0.101. The lowest BCUT2D eigenvalue weighted by Crippen LogP contribution is -1.99. The number of aryl methyl sites for hydroxylation is 1. The fourth-order valence-electron chi connectivity index (χ4n) is 1.30. The summed E-state index contributed by atoms with van der Waals surface area (Å²) in [7, 11) is -3.56. The van der Waals surface area contributed by atoms with Gasteiger partial charge in [-0.2, -0.15) is 0 Å². The molecule has 0 spiro atoms. The van der Waals surface area contributed by atoms with Gasteiger partial charge in [-0.3, -0.25) is 0 Å². The van der Waals surface area contributed by atoms with Gasteiger partial charge in [0.25, 0.3) is 5.09 Å². The fraction of sp³-hybridized carbons (Fsp3) is 0.182. The largest absolute Gasteiger partial charge is 0.344 e. The predicted molar refractivity (Wildman–Crippen MR) is 57.8 cm³/mol. The molecule has 0 atom stereocenters. The van der Waals surface area contributed by atoms with E-state index in [0.29, 0.717) is 12.1 Å². The molecule has 0 saturated carbocycles. The molecule has 1 aromatic carbocycles. The van der Waals surface area contributed by atoms with E-state index in [0.717, 1.165) is 0 Å². The maximum atomic E-state index is 12.0. The summed E-state index contributed by atoms with van der Waals surface area (Å²) < 4.78 is 28.9. The highest BCUT2D eigenvalue weighted by molar-refractivity contribution is 7.91. The van der Waals surface area contributed by atoms with Gasteiger partial charge in [0.2, 0.25) is 9.84 Å². The topological polar surface area (TPSA) is 60.2 Å². The highest BCUT2D eigenvalue weighted by atomic mass is 32.2. The van der Waals surface area contributed by atoms with Crippen LogP contribution in [0.25, 0.3) is 0 Å². The van der Waals surface area contributed by atoms with Crippen molar-refractivity contribution in [3.8, 4) is 0 Å². The van der Waals surface area contributed by atoms with Gasteiger partial charge in [0.15, 0.2) is 0 Å². The molecule has 0 aliphatic heterocycles. The Morgan fingerprint density at radius 2 is 1.94 bits per heavy atom. The first-order valence-corrected chi connectivity index (χ1v) is 6.38. The Kier molecular flexibility index (Phi) is 2.78. The summed E-state index contributed by atoms with van der Waals surface area (Å²) in [5.41, 5.74) is 0.634. The van der Waals surface area contributed by atoms with Gasteiger partial charge in [0.1, 0.15) is 0 Å². The normalized spacial score (nSPS) is 11.6. The summed E-state index contributed by atoms with van der Waals surface area (Å²) in [5.74, 6) is 0. The third-order valence-electron chi connectivity index (χ3n) is 2.22. The molecule has 0 bridgehead atoms. The summed E-state index contributed by atoms with van der Waals surface area (Å²) >= 11 is 0. The molecule has 0 fully saturated rings. The first-order valence-electron chi connectivity index (χ1n) is 4.90. The average molecular weight is 237 g/mol. The molecule has 1 heterocycles. The van der Waals surface area contributed by atoms with Crippen molar-refractivity contribution in [3.05, 3.63) is 42.1 Å². The van der Waals surface area contributed by atoms with E-state index in [-0.39, 0.29) is 9.99 Å². The molecule has 0 radical (unpaired) electrons. The standard InChI is InChI=1S/C11H11NO3S/c1-2-9-8-11(15-12-9)16(13,14)10-6-4-3-5-7-10/h3-8H,2H2,1H3.